The van der Waals surface area contributed by atoms with Crippen LogP contribution in [0.3, 0.4) is 0 Å². The van der Waals surface area contributed by atoms with Crippen LogP contribution < -0.4 is 9.47 Å². The Morgan fingerprint density at radius 1 is 1.04 bits per heavy atom. The fraction of sp³-hybridized carbons (Fsp3) is 0.188. The third-order valence-corrected chi connectivity index (χ3v) is 2.91. The van der Waals surface area contributed by atoms with Crippen molar-refractivity contribution in [1.82, 2.24) is 0 Å². The monoisotopic (exact) mass is 326 g/mol. The molecule has 1 unspecified atom stereocenters. The van der Waals surface area contributed by atoms with Crippen molar-refractivity contribution in [3.05, 3.63) is 54.1 Å². The number of para-hydroxylation sites is 2. The first-order valence-electron chi connectivity index (χ1n) is 6.61. The molecule has 0 amide bonds. The second-order valence-electron chi connectivity index (χ2n) is 4.67. The number of halogens is 3. The molecule has 1 N–H and O–H groups in total. The lowest BCUT2D eigenvalue weighted by Crippen LogP contribution is -2.23. The van der Waals surface area contributed by atoms with Crippen LogP contribution in [0.25, 0.3) is 0 Å². The van der Waals surface area contributed by atoms with Gasteiger partial charge in [0.2, 0.25) is 0 Å². The van der Waals surface area contributed by atoms with Gasteiger partial charge >= 0.3 is 12.1 Å². The van der Waals surface area contributed by atoms with E-state index in [1.54, 1.807) is 12.1 Å². The van der Waals surface area contributed by atoms with Crippen molar-refractivity contribution in [3.8, 4) is 17.2 Å². The van der Waals surface area contributed by atoms with Gasteiger partial charge < -0.3 is 14.6 Å². The second-order valence-corrected chi connectivity index (χ2v) is 4.67. The molecule has 0 aliphatic rings. The smallest absolute Gasteiger partial charge is 0.416 e. The van der Waals surface area contributed by atoms with E-state index in [0.29, 0.717) is 0 Å². The van der Waals surface area contributed by atoms with Crippen molar-refractivity contribution in [2.24, 2.45) is 0 Å². The van der Waals surface area contributed by atoms with E-state index in [9.17, 15) is 18.0 Å². The maximum atomic E-state index is 12.5. The minimum atomic E-state index is -4.42. The summed E-state index contributed by atoms with van der Waals surface area (Å²) in [5.41, 5.74) is -0.783. The highest BCUT2D eigenvalue weighted by atomic mass is 19.4. The lowest BCUT2D eigenvalue weighted by atomic mass is 10.2. The van der Waals surface area contributed by atoms with Gasteiger partial charge in [-0.25, -0.2) is 4.79 Å². The van der Waals surface area contributed by atoms with Crippen LogP contribution in [-0.4, -0.2) is 17.2 Å². The van der Waals surface area contributed by atoms with Crippen LogP contribution in [0.5, 0.6) is 17.2 Å². The molecule has 0 radical (unpaired) electrons. The SMILES string of the molecule is CC(Oc1ccccc1Oc1ccc(C(F)(F)F)cc1)C(=O)O. The number of carboxylic acid groups (broad SMARTS) is 1. The number of rotatable bonds is 5. The van der Waals surface area contributed by atoms with Crippen LogP contribution in [-0.2, 0) is 11.0 Å². The van der Waals surface area contributed by atoms with Gasteiger partial charge in [0.15, 0.2) is 17.6 Å². The van der Waals surface area contributed by atoms with Gasteiger partial charge in [0.25, 0.3) is 0 Å². The van der Waals surface area contributed by atoms with Crippen molar-refractivity contribution >= 4 is 5.97 Å². The normalized spacial score (nSPS) is 12.5. The zero-order valence-corrected chi connectivity index (χ0v) is 12.0. The van der Waals surface area contributed by atoms with Crippen LogP contribution >= 0.6 is 0 Å². The number of carboxylic acids is 1. The molecule has 122 valence electrons. The Labute approximate surface area is 130 Å². The zero-order valence-electron chi connectivity index (χ0n) is 12.0. The molecule has 0 spiro atoms. The number of hydrogen-bond donors (Lipinski definition) is 1. The quantitative estimate of drug-likeness (QED) is 0.887. The summed E-state index contributed by atoms with van der Waals surface area (Å²) in [6, 6.07) is 10.5. The Hall–Kier alpha value is -2.70. The standard InChI is InChI=1S/C16H13F3O4/c1-10(15(20)21)22-13-4-2-3-5-14(13)23-12-8-6-11(7-9-12)16(17,18)19/h2-10H,1H3,(H,20,21). The van der Waals surface area contributed by atoms with E-state index in [1.165, 1.54) is 31.2 Å². The molecular formula is C16H13F3O4. The van der Waals surface area contributed by atoms with Crippen molar-refractivity contribution in [2.45, 2.75) is 19.2 Å². The van der Waals surface area contributed by atoms with Crippen molar-refractivity contribution in [1.29, 1.82) is 0 Å². The van der Waals surface area contributed by atoms with Crippen LogP contribution in [0.1, 0.15) is 12.5 Å². The van der Waals surface area contributed by atoms with E-state index in [2.05, 4.69) is 0 Å². The molecule has 0 saturated heterocycles. The summed E-state index contributed by atoms with van der Waals surface area (Å²) in [4.78, 5) is 10.8. The molecule has 2 aromatic rings. The van der Waals surface area contributed by atoms with Crippen LogP contribution in [0.2, 0.25) is 0 Å². The Morgan fingerprint density at radius 3 is 2.13 bits per heavy atom. The third kappa shape index (κ3) is 4.38. The van der Waals surface area contributed by atoms with E-state index in [0.717, 1.165) is 12.1 Å². The molecule has 0 saturated carbocycles. The molecule has 0 aliphatic carbocycles. The van der Waals surface area contributed by atoms with Crippen LogP contribution in [0, 0.1) is 0 Å². The molecule has 0 heterocycles. The fourth-order valence-electron chi connectivity index (χ4n) is 1.71. The van der Waals surface area contributed by atoms with Gasteiger partial charge in [0.1, 0.15) is 5.75 Å². The van der Waals surface area contributed by atoms with Crippen molar-refractivity contribution in [3.63, 3.8) is 0 Å². The Balaban J connectivity index is 2.18. The fourth-order valence-corrected chi connectivity index (χ4v) is 1.71. The van der Waals surface area contributed by atoms with Gasteiger partial charge in [0.05, 0.1) is 5.56 Å². The molecule has 2 rings (SSSR count). The average Bonchev–Trinajstić information content (AvgIpc) is 2.48. The van der Waals surface area contributed by atoms with Gasteiger partial charge in [0, 0.05) is 0 Å². The summed E-state index contributed by atoms with van der Waals surface area (Å²) in [6.07, 6.45) is -5.51. The molecular weight excluding hydrogens is 313 g/mol. The Bertz CT molecular complexity index is 680. The predicted molar refractivity (Wildman–Crippen MR) is 75.7 cm³/mol. The van der Waals surface area contributed by atoms with Crippen LogP contribution in [0.4, 0.5) is 13.2 Å². The highest BCUT2D eigenvalue weighted by Crippen LogP contribution is 2.34. The predicted octanol–water partition coefficient (Wildman–Crippen LogP) is 4.35. The molecule has 0 aliphatic heterocycles. The highest BCUT2D eigenvalue weighted by Gasteiger charge is 2.30. The first-order valence-corrected chi connectivity index (χ1v) is 6.61. The average molecular weight is 326 g/mol. The van der Waals surface area contributed by atoms with Crippen molar-refractivity contribution in [2.75, 3.05) is 0 Å². The topological polar surface area (TPSA) is 55.8 Å². The summed E-state index contributed by atoms with van der Waals surface area (Å²) in [5.74, 6) is -0.575. The van der Waals surface area contributed by atoms with Gasteiger partial charge in [-0.05, 0) is 43.3 Å². The molecule has 23 heavy (non-hydrogen) atoms. The first-order chi connectivity index (χ1) is 10.8. The summed E-state index contributed by atoms with van der Waals surface area (Å²) in [6.45, 7) is 1.36. The van der Waals surface area contributed by atoms with E-state index >= 15 is 0 Å². The molecule has 1 atom stereocenters. The maximum Gasteiger partial charge on any atom is 0.416 e. The van der Waals surface area contributed by atoms with Gasteiger partial charge in [-0.1, -0.05) is 12.1 Å². The van der Waals surface area contributed by atoms with E-state index in [4.69, 9.17) is 14.6 Å². The number of alkyl halides is 3. The Kier molecular flexibility index (Phi) is 4.78. The molecule has 0 fully saturated rings. The summed E-state index contributed by atoms with van der Waals surface area (Å²) in [7, 11) is 0. The second kappa shape index (κ2) is 6.60. The summed E-state index contributed by atoms with van der Waals surface area (Å²) in [5, 5.41) is 8.86. The highest BCUT2D eigenvalue weighted by molar-refractivity contribution is 5.72. The minimum Gasteiger partial charge on any atom is -0.479 e. The van der Waals surface area contributed by atoms with Gasteiger partial charge in [-0.3, -0.25) is 0 Å². The third-order valence-electron chi connectivity index (χ3n) is 2.91. The first kappa shape index (κ1) is 16.7. The number of aliphatic carboxylic acids is 1. The van der Waals surface area contributed by atoms with Crippen molar-refractivity contribution < 1.29 is 32.5 Å². The number of hydrogen-bond acceptors (Lipinski definition) is 3. The molecule has 0 bridgehead atoms. The van der Waals surface area contributed by atoms with Gasteiger partial charge in [-0.2, -0.15) is 13.2 Å². The lowest BCUT2D eigenvalue weighted by Gasteiger charge is -2.15. The van der Waals surface area contributed by atoms with Gasteiger partial charge in [-0.15, -0.1) is 0 Å². The molecule has 2 aromatic carbocycles. The van der Waals surface area contributed by atoms with E-state index in [1.807, 2.05) is 0 Å². The zero-order chi connectivity index (χ0) is 17.0. The maximum absolute atomic E-state index is 12.5. The number of ether oxygens (including phenoxy) is 2. The molecule has 7 heteroatoms. The summed E-state index contributed by atoms with van der Waals surface area (Å²) < 4.78 is 48.3. The number of carbonyl (C=O) groups is 1. The lowest BCUT2D eigenvalue weighted by molar-refractivity contribution is -0.144. The molecule has 0 aromatic heterocycles. The van der Waals surface area contributed by atoms with Crippen LogP contribution in [0.15, 0.2) is 48.5 Å². The van der Waals surface area contributed by atoms with E-state index < -0.39 is 23.8 Å². The Morgan fingerprint density at radius 2 is 1.61 bits per heavy atom. The van der Waals surface area contributed by atoms with E-state index in [-0.39, 0.29) is 17.2 Å². The number of benzene rings is 2. The summed E-state index contributed by atoms with van der Waals surface area (Å²) >= 11 is 0. The molecule has 4 nitrogen and oxygen atoms in total. The minimum absolute atomic E-state index is 0.178. The largest absolute Gasteiger partial charge is 0.479 e.